The van der Waals surface area contributed by atoms with Crippen molar-refractivity contribution < 1.29 is 4.43 Å². The average molecular weight is 494 g/mol. The first kappa shape index (κ1) is 21.9. The number of para-hydroxylation sites is 2. The Morgan fingerprint density at radius 2 is 1.03 bits per heavy atom. The minimum Gasteiger partial charge on any atom is -0.516 e. The second kappa shape index (κ2) is 8.36. The fourth-order valence-electron chi connectivity index (χ4n) is 5.85. The lowest BCUT2D eigenvalue weighted by atomic mass is 10.1. The van der Waals surface area contributed by atoms with Crippen LogP contribution in [0.15, 0.2) is 127 Å². The van der Waals surface area contributed by atoms with E-state index >= 15 is 0 Å². The quantitative estimate of drug-likeness (QED) is 0.238. The van der Waals surface area contributed by atoms with Crippen molar-refractivity contribution in [2.24, 2.45) is 0 Å². The highest BCUT2D eigenvalue weighted by Crippen LogP contribution is 2.45. The van der Waals surface area contributed by atoms with Crippen molar-refractivity contribution in [1.29, 1.82) is 0 Å². The SMILES string of the molecule is Cc1cc(C)cc(N2c3ccccc3O[Si]2(c2ccc3ccccc3c2)c2ccc3ccccc3c2)c1. The van der Waals surface area contributed by atoms with Gasteiger partial charge in [0.15, 0.2) is 0 Å². The normalized spacial score (nSPS) is 14.1. The number of aryl methyl sites for hydroxylation is 2. The van der Waals surface area contributed by atoms with Crippen LogP contribution >= 0.6 is 0 Å². The van der Waals surface area contributed by atoms with Crippen LogP contribution < -0.4 is 19.4 Å². The van der Waals surface area contributed by atoms with E-state index in [0.717, 1.165) is 11.4 Å². The van der Waals surface area contributed by atoms with Crippen molar-refractivity contribution in [2.75, 3.05) is 4.57 Å². The Bertz CT molecular complexity index is 1710. The summed E-state index contributed by atoms with van der Waals surface area (Å²) in [5.41, 5.74) is 4.80. The number of benzene rings is 6. The van der Waals surface area contributed by atoms with Crippen LogP contribution in [0.1, 0.15) is 11.1 Å². The van der Waals surface area contributed by atoms with E-state index in [4.69, 9.17) is 4.43 Å². The summed E-state index contributed by atoms with van der Waals surface area (Å²) in [7, 11) is -3.01. The number of anilines is 2. The molecule has 0 saturated carbocycles. The lowest BCUT2D eigenvalue weighted by Crippen LogP contribution is -2.71. The summed E-state index contributed by atoms with van der Waals surface area (Å²) in [6.07, 6.45) is 0. The molecule has 37 heavy (non-hydrogen) atoms. The van der Waals surface area contributed by atoms with Crippen molar-refractivity contribution in [3.05, 3.63) is 139 Å². The van der Waals surface area contributed by atoms with E-state index < -0.39 is 8.48 Å². The molecule has 7 rings (SSSR count). The van der Waals surface area contributed by atoms with E-state index in [9.17, 15) is 0 Å². The molecule has 1 aliphatic rings. The van der Waals surface area contributed by atoms with Gasteiger partial charge in [-0.2, -0.15) is 0 Å². The Kier molecular flexibility index (Phi) is 4.95. The lowest BCUT2D eigenvalue weighted by Gasteiger charge is -2.36. The Morgan fingerprint density at radius 3 is 1.62 bits per heavy atom. The Balaban J connectivity index is 1.59. The van der Waals surface area contributed by atoms with Gasteiger partial charge in [0.05, 0.1) is 5.69 Å². The maximum absolute atomic E-state index is 7.28. The first-order valence-corrected chi connectivity index (χ1v) is 14.6. The highest BCUT2D eigenvalue weighted by atomic mass is 28.4. The van der Waals surface area contributed by atoms with E-state index in [0.29, 0.717) is 0 Å². The van der Waals surface area contributed by atoms with Crippen LogP contribution in [0.25, 0.3) is 21.5 Å². The fourth-order valence-corrected chi connectivity index (χ4v) is 9.85. The van der Waals surface area contributed by atoms with Gasteiger partial charge in [0, 0.05) is 16.1 Å². The molecule has 6 aromatic rings. The summed E-state index contributed by atoms with van der Waals surface area (Å²) in [6, 6.07) is 46.2. The fraction of sp³-hybridized carbons (Fsp3) is 0.0588. The molecule has 1 heterocycles. The van der Waals surface area contributed by atoms with Gasteiger partial charge in [0.1, 0.15) is 5.75 Å². The van der Waals surface area contributed by atoms with Crippen molar-refractivity contribution in [1.82, 2.24) is 0 Å². The standard InChI is InChI=1S/C34H27NOSi/c1-24-19-25(2)21-30(20-24)35-33-13-7-8-14-34(33)36-37(35,31-17-15-26-9-3-5-11-28(26)22-31)32-18-16-27-10-4-6-12-29(27)23-32/h3-23H,1-2H3. The summed E-state index contributed by atoms with van der Waals surface area (Å²) in [5, 5.41) is 7.40. The zero-order chi connectivity index (χ0) is 25.0. The highest BCUT2D eigenvalue weighted by Gasteiger charge is 2.55. The van der Waals surface area contributed by atoms with E-state index in [1.807, 2.05) is 0 Å². The van der Waals surface area contributed by atoms with Crippen LogP contribution in [-0.4, -0.2) is 8.48 Å². The average Bonchev–Trinajstić information content (AvgIpc) is 3.28. The van der Waals surface area contributed by atoms with Crippen molar-refractivity contribution >= 4 is 51.8 Å². The molecule has 0 fully saturated rings. The first-order valence-electron chi connectivity index (χ1n) is 12.8. The number of nitrogens with zero attached hydrogens (tertiary/aromatic N) is 1. The summed E-state index contributed by atoms with van der Waals surface area (Å²) in [5.74, 6) is 0.939. The van der Waals surface area contributed by atoms with Crippen LogP contribution in [0, 0.1) is 13.8 Å². The Labute approximate surface area is 218 Å². The summed E-state index contributed by atoms with van der Waals surface area (Å²) < 4.78 is 9.80. The zero-order valence-electron chi connectivity index (χ0n) is 21.0. The molecule has 0 unspecified atom stereocenters. The minimum absolute atomic E-state index is 0.939. The molecule has 6 aromatic carbocycles. The maximum Gasteiger partial charge on any atom is 0.433 e. The Morgan fingerprint density at radius 1 is 0.514 bits per heavy atom. The second-order valence-corrected chi connectivity index (χ2v) is 13.1. The van der Waals surface area contributed by atoms with Crippen molar-refractivity contribution in [3.63, 3.8) is 0 Å². The molecule has 0 spiro atoms. The zero-order valence-corrected chi connectivity index (χ0v) is 22.0. The monoisotopic (exact) mass is 493 g/mol. The summed E-state index contributed by atoms with van der Waals surface area (Å²) in [6.45, 7) is 4.35. The van der Waals surface area contributed by atoms with Gasteiger partial charge in [-0.3, -0.25) is 0 Å². The molecule has 0 aromatic heterocycles. The predicted molar refractivity (Wildman–Crippen MR) is 158 cm³/mol. The molecule has 0 saturated heterocycles. The van der Waals surface area contributed by atoms with Gasteiger partial charge in [-0.1, -0.05) is 91.0 Å². The maximum atomic E-state index is 7.28. The van der Waals surface area contributed by atoms with Crippen LogP contribution in [0.5, 0.6) is 5.75 Å². The first-order chi connectivity index (χ1) is 18.1. The van der Waals surface area contributed by atoms with Crippen LogP contribution in [-0.2, 0) is 0 Å². The molecular weight excluding hydrogens is 466 g/mol. The number of rotatable bonds is 3. The van der Waals surface area contributed by atoms with E-state index in [1.165, 1.54) is 48.7 Å². The van der Waals surface area contributed by atoms with Crippen LogP contribution in [0.4, 0.5) is 11.4 Å². The van der Waals surface area contributed by atoms with E-state index in [-0.39, 0.29) is 0 Å². The molecule has 178 valence electrons. The molecule has 0 N–H and O–H groups in total. The molecule has 0 bridgehead atoms. The van der Waals surface area contributed by atoms with Crippen LogP contribution in [0.2, 0.25) is 0 Å². The largest absolute Gasteiger partial charge is 0.516 e. The molecule has 0 aliphatic carbocycles. The van der Waals surface area contributed by atoms with Gasteiger partial charge >= 0.3 is 8.48 Å². The van der Waals surface area contributed by atoms with Crippen LogP contribution in [0.3, 0.4) is 0 Å². The summed E-state index contributed by atoms with van der Waals surface area (Å²) in [4.78, 5) is 0. The van der Waals surface area contributed by atoms with E-state index in [2.05, 4.69) is 146 Å². The molecular formula is C34H27NOSi. The minimum atomic E-state index is -3.01. The number of fused-ring (bicyclic) bond motifs is 3. The smallest absolute Gasteiger partial charge is 0.433 e. The molecule has 2 nitrogen and oxygen atoms in total. The molecule has 0 radical (unpaired) electrons. The van der Waals surface area contributed by atoms with Gasteiger partial charge in [0.2, 0.25) is 0 Å². The van der Waals surface area contributed by atoms with Crippen molar-refractivity contribution in [3.8, 4) is 5.75 Å². The summed E-state index contributed by atoms with van der Waals surface area (Å²) >= 11 is 0. The van der Waals surface area contributed by atoms with Gasteiger partial charge in [-0.25, -0.2) is 0 Å². The van der Waals surface area contributed by atoms with E-state index in [1.54, 1.807) is 0 Å². The highest BCUT2D eigenvalue weighted by molar-refractivity contribution is 7.02. The van der Waals surface area contributed by atoms with Gasteiger partial charge in [-0.05, 0) is 82.9 Å². The molecule has 1 aliphatic heterocycles. The predicted octanol–water partition coefficient (Wildman–Crippen LogP) is 7.40. The van der Waals surface area contributed by atoms with Gasteiger partial charge in [0.25, 0.3) is 0 Å². The van der Waals surface area contributed by atoms with Crippen molar-refractivity contribution in [2.45, 2.75) is 13.8 Å². The Hall–Kier alpha value is -4.34. The topological polar surface area (TPSA) is 12.5 Å². The third-order valence-corrected chi connectivity index (χ3v) is 11.3. The molecule has 0 atom stereocenters. The third kappa shape index (κ3) is 3.46. The number of hydrogen-bond acceptors (Lipinski definition) is 2. The number of hydrogen-bond donors (Lipinski definition) is 0. The van der Waals surface area contributed by atoms with Gasteiger partial charge < -0.3 is 8.99 Å². The second-order valence-electron chi connectivity index (χ2n) is 10.0. The molecule has 3 heteroatoms. The lowest BCUT2D eigenvalue weighted by molar-refractivity contribution is 0.588. The van der Waals surface area contributed by atoms with Gasteiger partial charge in [-0.15, -0.1) is 0 Å². The third-order valence-electron chi connectivity index (χ3n) is 7.42. The molecule has 0 amide bonds.